The van der Waals surface area contributed by atoms with Gasteiger partial charge in [-0.1, -0.05) is 12.1 Å². The van der Waals surface area contributed by atoms with Crippen molar-refractivity contribution in [2.45, 2.75) is 32.7 Å². The number of carbonyl (C=O) groups is 2. The Hall–Kier alpha value is -2.37. The van der Waals surface area contributed by atoms with Crippen molar-refractivity contribution in [1.82, 2.24) is 5.32 Å². The number of carbonyl (C=O) groups excluding carboxylic acids is 1. The van der Waals surface area contributed by atoms with Crippen molar-refractivity contribution < 1.29 is 23.5 Å². The van der Waals surface area contributed by atoms with E-state index in [1.54, 1.807) is 26.0 Å². The number of benzene rings is 1. The van der Waals surface area contributed by atoms with Gasteiger partial charge in [0, 0.05) is 23.4 Å². The molecule has 1 unspecified atom stereocenters. The summed E-state index contributed by atoms with van der Waals surface area (Å²) in [5.74, 6) is -1.86. The minimum absolute atomic E-state index is 0.0326. The maximum Gasteiger partial charge on any atom is 0.303 e. The summed E-state index contributed by atoms with van der Waals surface area (Å²) in [6, 6.07) is 4.19. The van der Waals surface area contributed by atoms with Crippen molar-refractivity contribution in [2.24, 2.45) is 0 Å². The zero-order valence-electron chi connectivity index (χ0n) is 11.8. The first-order valence-corrected chi connectivity index (χ1v) is 6.60. The summed E-state index contributed by atoms with van der Waals surface area (Å²) in [6.07, 6.45) is 0.282. The van der Waals surface area contributed by atoms with Crippen LogP contribution < -0.4 is 5.32 Å². The number of carboxylic acid groups (broad SMARTS) is 1. The Morgan fingerprint density at radius 1 is 1.43 bits per heavy atom. The molecule has 2 N–H and O–H groups in total. The summed E-state index contributed by atoms with van der Waals surface area (Å²) in [4.78, 5) is 22.6. The molecule has 0 saturated carbocycles. The predicted octanol–water partition coefficient (Wildman–Crippen LogP) is 2.86. The van der Waals surface area contributed by atoms with Crippen molar-refractivity contribution in [3.8, 4) is 0 Å². The first-order chi connectivity index (χ1) is 9.90. The van der Waals surface area contributed by atoms with Crippen LogP contribution in [0.3, 0.4) is 0 Å². The number of aliphatic carboxylic acids is 1. The van der Waals surface area contributed by atoms with Gasteiger partial charge in [0.2, 0.25) is 0 Å². The number of aryl methyl sites for hydroxylation is 1. The summed E-state index contributed by atoms with van der Waals surface area (Å²) >= 11 is 0. The Bertz CT molecular complexity index is 692. The molecule has 1 aromatic carbocycles. The molecule has 2 rings (SSSR count). The average molecular weight is 293 g/mol. The van der Waals surface area contributed by atoms with E-state index in [4.69, 9.17) is 9.52 Å². The second kappa shape index (κ2) is 5.95. The fourth-order valence-electron chi connectivity index (χ4n) is 2.13. The number of nitrogens with one attached hydrogen (secondary N) is 1. The molecule has 0 aliphatic heterocycles. The van der Waals surface area contributed by atoms with Gasteiger partial charge in [-0.25, -0.2) is 4.39 Å². The number of rotatable bonds is 5. The first-order valence-electron chi connectivity index (χ1n) is 6.60. The number of halogens is 1. The lowest BCUT2D eigenvalue weighted by molar-refractivity contribution is -0.137. The zero-order valence-corrected chi connectivity index (χ0v) is 11.8. The maximum absolute atomic E-state index is 13.6. The van der Waals surface area contributed by atoms with E-state index in [1.807, 2.05) is 0 Å². The van der Waals surface area contributed by atoms with E-state index in [9.17, 15) is 14.0 Å². The number of hydrogen-bond acceptors (Lipinski definition) is 3. The minimum Gasteiger partial charge on any atom is -0.481 e. The zero-order chi connectivity index (χ0) is 15.6. The molecule has 0 spiro atoms. The van der Waals surface area contributed by atoms with E-state index in [-0.39, 0.29) is 23.8 Å². The van der Waals surface area contributed by atoms with E-state index in [1.165, 1.54) is 6.07 Å². The molecular weight excluding hydrogens is 277 g/mol. The van der Waals surface area contributed by atoms with Gasteiger partial charge in [0.1, 0.15) is 0 Å². The molecule has 0 aliphatic rings. The van der Waals surface area contributed by atoms with Gasteiger partial charge in [-0.3, -0.25) is 9.59 Å². The molecular formula is C15H16FNO4. The van der Waals surface area contributed by atoms with Gasteiger partial charge in [0.15, 0.2) is 17.2 Å². The SMILES string of the molecule is Cc1c(C(=O)NC(C)CCC(=O)O)oc2c(F)cccc12. The van der Waals surface area contributed by atoms with Gasteiger partial charge >= 0.3 is 5.97 Å². The van der Waals surface area contributed by atoms with Crippen molar-refractivity contribution in [2.75, 3.05) is 0 Å². The van der Waals surface area contributed by atoms with Crippen LogP contribution in [-0.4, -0.2) is 23.0 Å². The fraction of sp³-hybridized carbons (Fsp3) is 0.333. The third-order valence-electron chi connectivity index (χ3n) is 3.29. The van der Waals surface area contributed by atoms with Crippen LogP contribution in [0, 0.1) is 12.7 Å². The molecule has 1 atom stereocenters. The van der Waals surface area contributed by atoms with Crippen LogP contribution in [0.25, 0.3) is 11.0 Å². The van der Waals surface area contributed by atoms with Crippen molar-refractivity contribution in [3.63, 3.8) is 0 Å². The summed E-state index contributed by atoms with van der Waals surface area (Å²) in [6.45, 7) is 3.39. The summed E-state index contributed by atoms with van der Waals surface area (Å²) in [7, 11) is 0. The fourth-order valence-corrected chi connectivity index (χ4v) is 2.13. The Labute approximate surface area is 120 Å². The van der Waals surface area contributed by atoms with E-state index in [0.717, 1.165) is 0 Å². The number of para-hydroxylation sites is 1. The highest BCUT2D eigenvalue weighted by atomic mass is 19.1. The molecule has 1 aromatic heterocycles. The van der Waals surface area contributed by atoms with Gasteiger partial charge < -0.3 is 14.8 Å². The van der Waals surface area contributed by atoms with E-state index < -0.39 is 17.7 Å². The maximum atomic E-state index is 13.6. The second-order valence-electron chi connectivity index (χ2n) is 4.98. The summed E-state index contributed by atoms with van der Waals surface area (Å²) in [5.41, 5.74) is 0.616. The lowest BCUT2D eigenvalue weighted by Crippen LogP contribution is -2.33. The van der Waals surface area contributed by atoms with Crippen molar-refractivity contribution in [3.05, 3.63) is 35.3 Å². The van der Waals surface area contributed by atoms with Crippen LogP contribution in [0.1, 0.15) is 35.9 Å². The van der Waals surface area contributed by atoms with Gasteiger partial charge in [-0.05, 0) is 26.3 Å². The second-order valence-corrected chi connectivity index (χ2v) is 4.98. The van der Waals surface area contributed by atoms with Crippen LogP contribution in [0.15, 0.2) is 22.6 Å². The summed E-state index contributed by atoms with van der Waals surface area (Å²) in [5, 5.41) is 11.8. The molecule has 6 heteroatoms. The quantitative estimate of drug-likeness (QED) is 0.888. The van der Waals surface area contributed by atoms with Crippen LogP contribution in [-0.2, 0) is 4.79 Å². The topological polar surface area (TPSA) is 79.5 Å². The normalized spacial score (nSPS) is 12.3. The molecule has 0 aliphatic carbocycles. The highest BCUT2D eigenvalue weighted by molar-refractivity contribution is 5.99. The molecule has 0 saturated heterocycles. The summed E-state index contributed by atoms with van der Waals surface area (Å²) < 4.78 is 18.9. The number of furan rings is 1. The third kappa shape index (κ3) is 3.21. The lowest BCUT2D eigenvalue weighted by Gasteiger charge is -2.11. The average Bonchev–Trinajstić information content (AvgIpc) is 2.76. The molecule has 2 aromatic rings. The highest BCUT2D eigenvalue weighted by Gasteiger charge is 2.20. The number of amides is 1. The number of carboxylic acids is 1. The van der Waals surface area contributed by atoms with Gasteiger partial charge in [0.05, 0.1) is 0 Å². The minimum atomic E-state index is -0.918. The Balaban J connectivity index is 2.18. The van der Waals surface area contributed by atoms with Crippen molar-refractivity contribution in [1.29, 1.82) is 0 Å². The van der Waals surface area contributed by atoms with Gasteiger partial charge in [-0.2, -0.15) is 0 Å². The van der Waals surface area contributed by atoms with Crippen molar-refractivity contribution >= 4 is 22.8 Å². The van der Waals surface area contributed by atoms with Crippen LogP contribution >= 0.6 is 0 Å². The molecule has 5 nitrogen and oxygen atoms in total. The number of hydrogen-bond donors (Lipinski definition) is 2. The Kier molecular flexibility index (Phi) is 4.26. The monoisotopic (exact) mass is 293 g/mol. The molecule has 0 bridgehead atoms. The Morgan fingerprint density at radius 3 is 2.76 bits per heavy atom. The highest BCUT2D eigenvalue weighted by Crippen LogP contribution is 2.27. The largest absolute Gasteiger partial charge is 0.481 e. The van der Waals surface area contributed by atoms with Crippen LogP contribution in [0.4, 0.5) is 4.39 Å². The van der Waals surface area contributed by atoms with Gasteiger partial charge in [0.25, 0.3) is 5.91 Å². The predicted molar refractivity (Wildman–Crippen MR) is 74.7 cm³/mol. The molecule has 21 heavy (non-hydrogen) atoms. The third-order valence-corrected chi connectivity index (χ3v) is 3.29. The smallest absolute Gasteiger partial charge is 0.303 e. The van der Waals surface area contributed by atoms with E-state index in [2.05, 4.69) is 5.32 Å². The molecule has 0 radical (unpaired) electrons. The van der Waals surface area contributed by atoms with Crippen LogP contribution in [0.2, 0.25) is 0 Å². The number of fused-ring (bicyclic) bond motifs is 1. The first kappa shape index (κ1) is 15.0. The molecule has 1 amide bonds. The van der Waals surface area contributed by atoms with Crippen LogP contribution in [0.5, 0.6) is 0 Å². The molecule has 112 valence electrons. The van der Waals surface area contributed by atoms with E-state index in [0.29, 0.717) is 17.4 Å². The standard InChI is InChI=1S/C15H16FNO4/c1-8(6-7-12(18)19)17-15(20)13-9(2)10-4-3-5-11(16)14(10)21-13/h3-5,8H,6-7H2,1-2H3,(H,17,20)(H,18,19). The van der Waals surface area contributed by atoms with E-state index >= 15 is 0 Å². The Morgan fingerprint density at radius 2 is 2.14 bits per heavy atom. The van der Waals surface area contributed by atoms with Gasteiger partial charge in [-0.15, -0.1) is 0 Å². The molecule has 1 heterocycles. The molecule has 0 fully saturated rings. The lowest BCUT2D eigenvalue weighted by atomic mass is 10.1.